The Morgan fingerprint density at radius 1 is 0.741 bits per heavy atom. The van der Waals surface area contributed by atoms with Gasteiger partial charge in [0.25, 0.3) is 5.91 Å². The lowest BCUT2D eigenvalue weighted by molar-refractivity contribution is -0.171. The smallest absolute Gasteiger partial charge is 0.309 e. The number of nitrogens with zero attached hydrogens (tertiary/aromatic N) is 1. The molecule has 1 amide bonds. The van der Waals surface area contributed by atoms with Crippen LogP contribution in [0.3, 0.4) is 0 Å². The van der Waals surface area contributed by atoms with Gasteiger partial charge in [-0.2, -0.15) is 0 Å². The van der Waals surface area contributed by atoms with Crippen LogP contribution >= 0.6 is 0 Å². The zero-order chi connectivity index (χ0) is 19.8. The average molecular weight is 382 g/mol. The van der Waals surface area contributed by atoms with Gasteiger partial charge in [-0.3, -0.25) is 14.8 Å². The Morgan fingerprint density at radius 3 is 1.44 bits per heavy atom. The fourth-order valence-corrected chi connectivity index (χ4v) is 4.20. The van der Waals surface area contributed by atoms with Crippen LogP contribution < -0.4 is 0 Å². The number of aliphatic carboxylic acids is 1. The molecule has 0 aromatic heterocycles. The van der Waals surface area contributed by atoms with E-state index in [4.69, 9.17) is 5.11 Å². The van der Waals surface area contributed by atoms with Crippen LogP contribution in [0, 0.1) is 10.8 Å². The number of hydrogen-bond acceptors (Lipinski definition) is 3. The van der Waals surface area contributed by atoms with Gasteiger partial charge in [0.15, 0.2) is 0 Å². The van der Waals surface area contributed by atoms with Crippen LogP contribution in [0.25, 0.3) is 0 Å². The lowest BCUT2D eigenvalue weighted by atomic mass is 9.96. The van der Waals surface area contributed by atoms with E-state index in [1.807, 2.05) is 0 Å². The largest absolute Gasteiger partial charge is 0.481 e. The molecule has 0 atom stereocenters. The summed E-state index contributed by atoms with van der Waals surface area (Å²) in [7, 11) is 0. The number of carbonyl (C=O) groups is 2. The van der Waals surface area contributed by atoms with E-state index in [9.17, 15) is 14.8 Å². The molecule has 0 aromatic carbocycles. The first-order valence-electron chi connectivity index (χ1n) is 11.2. The Labute approximate surface area is 164 Å². The summed E-state index contributed by atoms with van der Waals surface area (Å²) in [4.78, 5) is 23.2. The van der Waals surface area contributed by atoms with E-state index in [2.05, 4.69) is 0 Å². The molecule has 0 spiro atoms. The van der Waals surface area contributed by atoms with Crippen LogP contribution in [0.1, 0.15) is 110 Å². The highest BCUT2D eigenvalue weighted by atomic mass is 16.5. The fourth-order valence-electron chi connectivity index (χ4n) is 4.20. The maximum Gasteiger partial charge on any atom is 0.309 e. The molecule has 2 N–H and O–H groups in total. The Bertz CT molecular complexity index is 483. The second-order valence-electron chi connectivity index (χ2n) is 8.92. The highest BCUT2D eigenvalue weighted by Gasteiger charge is 2.50. The molecule has 5 heteroatoms. The van der Waals surface area contributed by atoms with Crippen molar-refractivity contribution in [1.29, 1.82) is 0 Å². The van der Waals surface area contributed by atoms with Gasteiger partial charge in [0.05, 0.1) is 10.8 Å². The van der Waals surface area contributed by atoms with Crippen LogP contribution in [0.4, 0.5) is 0 Å². The molecule has 0 bridgehead atoms. The van der Waals surface area contributed by atoms with E-state index < -0.39 is 5.97 Å². The number of hydroxylamine groups is 2. The number of carbonyl (C=O) groups excluding carboxylic acids is 1. The highest BCUT2D eigenvalue weighted by molar-refractivity contribution is 5.84. The fraction of sp³-hybridized carbons (Fsp3) is 0.909. The third-order valence-corrected chi connectivity index (χ3v) is 6.71. The van der Waals surface area contributed by atoms with Crippen molar-refractivity contribution in [3.05, 3.63) is 0 Å². The third-order valence-electron chi connectivity index (χ3n) is 6.71. The second-order valence-corrected chi connectivity index (χ2v) is 8.92. The predicted molar refractivity (Wildman–Crippen MR) is 106 cm³/mol. The summed E-state index contributed by atoms with van der Waals surface area (Å²) < 4.78 is 0. The van der Waals surface area contributed by atoms with Crippen molar-refractivity contribution in [1.82, 2.24) is 5.06 Å². The van der Waals surface area contributed by atoms with Gasteiger partial charge in [0, 0.05) is 6.54 Å². The van der Waals surface area contributed by atoms with Crippen molar-refractivity contribution in [3.63, 3.8) is 0 Å². The highest BCUT2D eigenvalue weighted by Crippen LogP contribution is 2.51. The topological polar surface area (TPSA) is 77.8 Å². The first kappa shape index (κ1) is 22.2. The molecular weight excluding hydrogens is 342 g/mol. The lowest BCUT2D eigenvalue weighted by Gasteiger charge is -2.20. The van der Waals surface area contributed by atoms with Crippen molar-refractivity contribution < 1.29 is 19.9 Å². The van der Waals surface area contributed by atoms with Gasteiger partial charge in [-0.1, -0.05) is 64.2 Å². The van der Waals surface area contributed by atoms with E-state index in [1.54, 1.807) is 6.92 Å². The Balaban J connectivity index is 1.36. The Kier molecular flexibility index (Phi) is 8.59. The van der Waals surface area contributed by atoms with Crippen LogP contribution in [0.5, 0.6) is 0 Å². The molecule has 0 aromatic rings. The molecule has 2 aliphatic carbocycles. The molecule has 2 fully saturated rings. The predicted octanol–water partition coefficient (Wildman–Crippen LogP) is 5.55. The average Bonchev–Trinajstić information content (AvgIpc) is 3.57. The van der Waals surface area contributed by atoms with E-state index in [-0.39, 0.29) is 16.7 Å². The van der Waals surface area contributed by atoms with Crippen molar-refractivity contribution in [3.8, 4) is 0 Å². The zero-order valence-corrected chi connectivity index (χ0v) is 17.2. The summed E-state index contributed by atoms with van der Waals surface area (Å²) >= 11 is 0. The molecular formula is C22H39NO4. The van der Waals surface area contributed by atoms with E-state index in [0.717, 1.165) is 56.4 Å². The van der Waals surface area contributed by atoms with Gasteiger partial charge < -0.3 is 5.11 Å². The molecule has 0 unspecified atom stereocenters. The standard InChI is InChI=1S/C22H39NO4/c1-2-23(27)19(24)21(15-16-21)13-11-9-7-5-3-4-6-8-10-12-14-22(17-18-22)20(25)26/h27H,2-18H2,1H3,(H,25,26). The monoisotopic (exact) mass is 381 g/mol. The second kappa shape index (κ2) is 10.4. The van der Waals surface area contributed by atoms with E-state index >= 15 is 0 Å². The zero-order valence-electron chi connectivity index (χ0n) is 17.2. The molecule has 2 rings (SSSR count). The molecule has 0 heterocycles. The minimum absolute atomic E-state index is 0.0686. The normalized spacial score (nSPS) is 18.9. The number of hydrogen-bond donors (Lipinski definition) is 2. The van der Waals surface area contributed by atoms with Crippen molar-refractivity contribution >= 4 is 11.9 Å². The van der Waals surface area contributed by atoms with Crippen molar-refractivity contribution in [2.45, 2.75) is 110 Å². The third kappa shape index (κ3) is 6.78. The van der Waals surface area contributed by atoms with Crippen LogP contribution in [-0.4, -0.2) is 33.8 Å². The van der Waals surface area contributed by atoms with Gasteiger partial charge in [-0.15, -0.1) is 0 Å². The summed E-state index contributed by atoms with van der Waals surface area (Å²) in [6, 6.07) is 0. The van der Waals surface area contributed by atoms with E-state index in [0.29, 0.717) is 6.54 Å². The molecule has 27 heavy (non-hydrogen) atoms. The van der Waals surface area contributed by atoms with Crippen molar-refractivity contribution in [2.24, 2.45) is 10.8 Å². The van der Waals surface area contributed by atoms with Gasteiger partial charge in [-0.05, 0) is 45.4 Å². The summed E-state index contributed by atoms with van der Waals surface area (Å²) in [5.74, 6) is -0.653. The number of unbranched alkanes of at least 4 members (excludes halogenated alkanes) is 9. The number of carboxylic acids is 1. The summed E-state index contributed by atoms with van der Waals surface area (Å²) in [5.41, 5.74) is -0.569. The summed E-state index contributed by atoms with van der Waals surface area (Å²) in [6.45, 7) is 2.18. The maximum absolute atomic E-state index is 12.1. The quantitative estimate of drug-likeness (QED) is 0.209. The molecule has 5 nitrogen and oxygen atoms in total. The number of rotatable bonds is 16. The van der Waals surface area contributed by atoms with Gasteiger partial charge in [0.1, 0.15) is 0 Å². The minimum atomic E-state index is -0.585. The van der Waals surface area contributed by atoms with Crippen LogP contribution in [0.2, 0.25) is 0 Å². The summed E-state index contributed by atoms with van der Waals surface area (Å²) in [5, 5.41) is 19.6. The van der Waals surface area contributed by atoms with Crippen LogP contribution in [0.15, 0.2) is 0 Å². The maximum atomic E-state index is 12.1. The van der Waals surface area contributed by atoms with Gasteiger partial charge >= 0.3 is 5.97 Å². The minimum Gasteiger partial charge on any atom is -0.481 e. The Morgan fingerprint density at radius 2 is 1.11 bits per heavy atom. The number of carboxylic acid groups (broad SMARTS) is 1. The molecule has 0 radical (unpaired) electrons. The molecule has 156 valence electrons. The first-order chi connectivity index (χ1) is 13.0. The van der Waals surface area contributed by atoms with Crippen LogP contribution in [-0.2, 0) is 9.59 Å². The molecule has 2 saturated carbocycles. The van der Waals surface area contributed by atoms with Gasteiger partial charge in [0.2, 0.25) is 0 Å². The Hall–Kier alpha value is -1.10. The first-order valence-corrected chi connectivity index (χ1v) is 11.2. The molecule has 0 saturated heterocycles. The SMILES string of the molecule is CCN(O)C(=O)C1(CCCCCCCCCCCCC2(C(=O)O)CC2)CC1. The number of amides is 1. The lowest BCUT2D eigenvalue weighted by Crippen LogP contribution is -2.34. The molecule has 2 aliphatic rings. The van der Waals surface area contributed by atoms with Crippen molar-refractivity contribution in [2.75, 3.05) is 6.54 Å². The summed E-state index contributed by atoms with van der Waals surface area (Å²) in [6.07, 6.45) is 17.5. The van der Waals surface area contributed by atoms with Gasteiger partial charge in [-0.25, -0.2) is 5.06 Å². The van der Waals surface area contributed by atoms with E-state index in [1.165, 1.54) is 51.4 Å². The molecule has 0 aliphatic heterocycles.